The zero-order chi connectivity index (χ0) is 23.5. The third-order valence-corrected chi connectivity index (χ3v) is 6.51. The van der Waals surface area contributed by atoms with Crippen molar-refractivity contribution in [2.75, 3.05) is 7.11 Å². The molecule has 0 saturated heterocycles. The van der Waals surface area contributed by atoms with E-state index in [0.717, 1.165) is 5.56 Å². The first-order chi connectivity index (χ1) is 15.9. The molecule has 1 aromatic heterocycles. The number of ketones is 1. The summed E-state index contributed by atoms with van der Waals surface area (Å²) in [5.74, 6) is -0.100. The molecule has 0 fully saturated rings. The minimum absolute atomic E-state index is 0.0779. The fourth-order valence-corrected chi connectivity index (χ4v) is 4.42. The van der Waals surface area contributed by atoms with Crippen molar-refractivity contribution in [3.8, 4) is 0 Å². The summed E-state index contributed by atoms with van der Waals surface area (Å²) in [6.07, 6.45) is 0. The lowest BCUT2D eigenvalue weighted by molar-refractivity contribution is 0.0602. The average molecular weight is 479 g/mol. The Morgan fingerprint density at radius 2 is 1.64 bits per heavy atom. The van der Waals surface area contributed by atoms with Crippen LogP contribution in [0.4, 0.5) is 0 Å². The van der Waals surface area contributed by atoms with Gasteiger partial charge in [-0.25, -0.2) is 9.78 Å². The van der Waals surface area contributed by atoms with E-state index in [2.05, 4.69) is 4.98 Å². The fourth-order valence-electron chi connectivity index (χ4n) is 3.37. The van der Waals surface area contributed by atoms with Gasteiger partial charge in [0.25, 0.3) is 5.56 Å². The van der Waals surface area contributed by atoms with Crippen molar-refractivity contribution in [3.05, 3.63) is 104 Å². The van der Waals surface area contributed by atoms with Crippen LogP contribution in [0.2, 0.25) is 5.02 Å². The smallest absolute Gasteiger partial charge is 0.338 e. The van der Waals surface area contributed by atoms with Crippen molar-refractivity contribution in [1.29, 1.82) is 0 Å². The number of nitrogens with zero attached hydrogens (tertiary/aromatic N) is 2. The maximum absolute atomic E-state index is 12.9. The summed E-state index contributed by atoms with van der Waals surface area (Å²) in [6, 6.07) is 19.0. The molecule has 1 heterocycles. The lowest BCUT2D eigenvalue weighted by atomic mass is 10.0. The van der Waals surface area contributed by atoms with Gasteiger partial charge in [0.1, 0.15) is 0 Å². The van der Waals surface area contributed by atoms with E-state index in [1.54, 1.807) is 61.6 Å². The Morgan fingerprint density at radius 3 is 2.27 bits per heavy atom. The van der Waals surface area contributed by atoms with Crippen LogP contribution in [-0.2, 0) is 17.5 Å². The summed E-state index contributed by atoms with van der Waals surface area (Å²) in [5, 5.41) is 1.34. The number of ether oxygens (including phenoxy) is 1. The highest BCUT2D eigenvalue weighted by molar-refractivity contribution is 7.98. The summed E-state index contributed by atoms with van der Waals surface area (Å²) in [7, 11) is 2.90. The second-order valence-electron chi connectivity index (χ2n) is 7.27. The molecule has 6 nitrogen and oxygen atoms in total. The summed E-state index contributed by atoms with van der Waals surface area (Å²) >= 11 is 7.29. The Labute approximate surface area is 199 Å². The highest BCUT2D eigenvalue weighted by Gasteiger charge is 2.17. The number of benzene rings is 3. The SMILES string of the molecule is COC(=O)c1cccc2nc(SCc3ccc(C(=O)c4ccc(Cl)cc4)cc3)n(C)c(=O)c12. The second-order valence-corrected chi connectivity index (χ2v) is 8.65. The zero-order valence-corrected chi connectivity index (χ0v) is 19.4. The first kappa shape index (κ1) is 22.8. The number of carbonyl (C=O) groups is 2. The molecule has 33 heavy (non-hydrogen) atoms. The van der Waals surface area contributed by atoms with E-state index in [1.165, 1.54) is 23.4 Å². The molecule has 0 unspecified atom stereocenters. The van der Waals surface area contributed by atoms with Crippen molar-refractivity contribution in [3.63, 3.8) is 0 Å². The Hall–Kier alpha value is -3.42. The lowest BCUT2D eigenvalue weighted by Gasteiger charge is -2.11. The predicted octanol–water partition coefficient (Wildman–Crippen LogP) is 4.90. The van der Waals surface area contributed by atoms with E-state index in [-0.39, 0.29) is 22.3 Å². The van der Waals surface area contributed by atoms with Crippen LogP contribution in [0.1, 0.15) is 31.8 Å². The first-order valence-electron chi connectivity index (χ1n) is 9.99. The van der Waals surface area contributed by atoms with Crippen molar-refractivity contribution in [1.82, 2.24) is 9.55 Å². The van der Waals surface area contributed by atoms with Crippen LogP contribution < -0.4 is 5.56 Å². The standard InChI is InChI=1S/C25H19ClN2O4S/c1-28-23(30)21-19(24(31)32-2)4-3-5-20(21)27-25(28)33-14-15-6-8-16(9-7-15)22(29)17-10-12-18(26)13-11-17/h3-13H,14H2,1-2H3. The highest BCUT2D eigenvalue weighted by atomic mass is 35.5. The van der Waals surface area contributed by atoms with Gasteiger partial charge >= 0.3 is 5.97 Å². The average Bonchev–Trinajstić information content (AvgIpc) is 2.84. The molecule has 3 aromatic carbocycles. The molecule has 166 valence electrons. The van der Waals surface area contributed by atoms with Crippen LogP contribution in [0.3, 0.4) is 0 Å². The Kier molecular flexibility index (Phi) is 6.62. The Morgan fingerprint density at radius 1 is 1.00 bits per heavy atom. The number of rotatable bonds is 6. The second kappa shape index (κ2) is 9.60. The van der Waals surface area contributed by atoms with E-state index < -0.39 is 5.97 Å². The van der Waals surface area contributed by atoms with Gasteiger partial charge in [-0.15, -0.1) is 0 Å². The predicted molar refractivity (Wildman–Crippen MR) is 129 cm³/mol. The number of hydrogen-bond donors (Lipinski definition) is 0. The molecular formula is C25H19ClN2O4S. The number of aromatic nitrogens is 2. The number of halogens is 1. The number of thioether (sulfide) groups is 1. The van der Waals surface area contributed by atoms with Gasteiger partial charge in [-0.1, -0.05) is 53.7 Å². The molecule has 0 aliphatic heterocycles. The molecule has 0 bridgehead atoms. The van der Waals surface area contributed by atoms with E-state index in [1.807, 2.05) is 12.1 Å². The fraction of sp³-hybridized carbons (Fsp3) is 0.120. The van der Waals surface area contributed by atoms with Crippen LogP contribution in [0.25, 0.3) is 10.9 Å². The van der Waals surface area contributed by atoms with Crippen molar-refractivity contribution in [2.45, 2.75) is 10.9 Å². The number of esters is 1. The molecule has 0 atom stereocenters. The van der Waals surface area contributed by atoms with Gasteiger partial charge in [-0.05, 0) is 42.0 Å². The van der Waals surface area contributed by atoms with Crippen molar-refractivity contribution in [2.24, 2.45) is 7.05 Å². The summed E-state index contributed by atoms with van der Waals surface area (Å²) < 4.78 is 6.21. The van der Waals surface area contributed by atoms with Gasteiger partial charge in [0.2, 0.25) is 0 Å². The van der Waals surface area contributed by atoms with Gasteiger partial charge < -0.3 is 4.74 Å². The minimum Gasteiger partial charge on any atom is -0.465 e. The monoisotopic (exact) mass is 478 g/mol. The zero-order valence-electron chi connectivity index (χ0n) is 17.9. The van der Waals surface area contributed by atoms with Gasteiger partial charge in [0.15, 0.2) is 10.9 Å². The normalized spacial score (nSPS) is 10.9. The molecule has 0 spiro atoms. The van der Waals surface area contributed by atoms with E-state index in [0.29, 0.717) is 32.6 Å². The molecule has 0 aliphatic rings. The number of fused-ring (bicyclic) bond motifs is 1. The third kappa shape index (κ3) is 4.69. The molecule has 0 aliphatic carbocycles. The van der Waals surface area contributed by atoms with Gasteiger partial charge in [0.05, 0.1) is 23.6 Å². The summed E-state index contributed by atoms with van der Waals surface area (Å²) in [4.78, 5) is 42.2. The molecule has 0 radical (unpaired) electrons. The number of carbonyl (C=O) groups excluding carboxylic acids is 2. The number of methoxy groups -OCH3 is 1. The minimum atomic E-state index is -0.576. The largest absolute Gasteiger partial charge is 0.465 e. The van der Waals surface area contributed by atoms with Crippen molar-refractivity contribution < 1.29 is 14.3 Å². The molecule has 4 rings (SSSR count). The van der Waals surface area contributed by atoms with Gasteiger partial charge in [-0.3, -0.25) is 14.2 Å². The van der Waals surface area contributed by atoms with E-state index >= 15 is 0 Å². The molecule has 4 aromatic rings. The molecule has 0 N–H and O–H groups in total. The quantitative estimate of drug-likeness (QED) is 0.170. The summed E-state index contributed by atoms with van der Waals surface area (Å²) in [6.45, 7) is 0. The third-order valence-electron chi connectivity index (χ3n) is 5.16. The van der Waals surface area contributed by atoms with Crippen molar-refractivity contribution >= 4 is 46.0 Å². The van der Waals surface area contributed by atoms with Crippen LogP contribution >= 0.6 is 23.4 Å². The van der Waals surface area contributed by atoms with Crippen LogP contribution in [0.15, 0.2) is 76.7 Å². The highest BCUT2D eigenvalue weighted by Crippen LogP contribution is 2.24. The first-order valence-corrected chi connectivity index (χ1v) is 11.4. The van der Waals surface area contributed by atoms with Crippen LogP contribution in [-0.4, -0.2) is 28.4 Å². The maximum Gasteiger partial charge on any atom is 0.338 e. The lowest BCUT2D eigenvalue weighted by Crippen LogP contribution is -2.22. The Balaban J connectivity index is 1.54. The Bertz CT molecular complexity index is 1410. The van der Waals surface area contributed by atoms with E-state index in [4.69, 9.17) is 16.3 Å². The van der Waals surface area contributed by atoms with Crippen LogP contribution in [0.5, 0.6) is 0 Å². The molecular weight excluding hydrogens is 460 g/mol. The number of hydrogen-bond acceptors (Lipinski definition) is 6. The van der Waals surface area contributed by atoms with Gasteiger partial charge in [-0.2, -0.15) is 0 Å². The topological polar surface area (TPSA) is 78.3 Å². The molecule has 0 amide bonds. The maximum atomic E-state index is 12.9. The molecule has 0 saturated carbocycles. The molecule has 8 heteroatoms. The van der Waals surface area contributed by atoms with Crippen LogP contribution in [0, 0.1) is 0 Å². The van der Waals surface area contributed by atoms with E-state index in [9.17, 15) is 14.4 Å². The van der Waals surface area contributed by atoms with Gasteiger partial charge in [0, 0.05) is 29.0 Å². The summed E-state index contributed by atoms with van der Waals surface area (Å²) in [5.41, 5.74) is 2.45.